The van der Waals surface area contributed by atoms with E-state index in [9.17, 15) is 0 Å². The Kier molecular flexibility index (Phi) is 1.87. The number of fused-ring (bicyclic) bond motifs is 1. The number of halogens is 1. The lowest BCUT2D eigenvalue weighted by Crippen LogP contribution is -2.26. The van der Waals surface area contributed by atoms with E-state index in [1.165, 1.54) is 0 Å². The van der Waals surface area contributed by atoms with Gasteiger partial charge in [0.25, 0.3) is 0 Å². The van der Waals surface area contributed by atoms with Crippen LogP contribution in [0, 0.1) is 0 Å². The predicted molar refractivity (Wildman–Crippen MR) is 51.7 cm³/mol. The van der Waals surface area contributed by atoms with Gasteiger partial charge in [-0.1, -0.05) is 0 Å². The summed E-state index contributed by atoms with van der Waals surface area (Å²) in [6, 6.07) is 0. The third-order valence-corrected chi connectivity index (χ3v) is 3.11. The first-order valence-electron chi connectivity index (χ1n) is 4.55. The number of nitrogens with zero attached hydrogens (tertiary/aromatic N) is 2. The molecule has 2 aliphatic rings. The second-order valence-corrected chi connectivity index (χ2v) is 4.46. The monoisotopic (exact) mass is 256 g/mol. The molecule has 2 saturated heterocycles. The van der Waals surface area contributed by atoms with Crippen molar-refractivity contribution < 1.29 is 9.47 Å². The van der Waals surface area contributed by atoms with Crippen molar-refractivity contribution >= 4 is 15.9 Å². The van der Waals surface area contributed by atoms with Crippen molar-refractivity contribution in [1.82, 2.24) is 9.97 Å². The molecule has 2 aliphatic heterocycles. The number of ether oxygens (including phenoxy) is 2. The molecule has 5 heteroatoms. The molecule has 3 heterocycles. The third-order valence-electron chi connectivity index (χ3n) is 2.70. The van der Waals surface area contributed by atoms with E-state index < -0.39 is 0 Å². The van der Waals surface area contributed by atoms with Crippen LogP contribution in [0.2, 0.25) is 0 Å². The molecule has 74 valence electrons. The van der Waals surface area contributed by atoms with Gasteiger partial charge in [-0.05, 0) is 15.9 Å². The van der Waals surface area contributed by atoms with Gasteiger partial charge in [0.15, 0.2) is 11.4 Å². The quantitative estimate of drug-likeness (QED) is 0.710. The van der Waals surface area contributed by atoms with Crippen molar-refractivity contribution in [3.8, 4) is 0 Å². The van der Waals surface area contributed by atoms with Crippen molar-refractivity contribution in [3.63, 3.8) is 0 Å². The van der Waals surface area contributed by atoms with Gasteiger partial charge >= 0.3 is 0 Å². The fourth-order valence-corrected chi connectivity index (χ4v) is 2.07. The summed E-state index contributed by atoms with van der Waals surface area (Å²) < 4.78 is 11.8. The number of hydrogen-bond donors (Lipinski definition) is 0. The molecule has 1 aromatic rings. The van der Waals surface area contributed by atoms with Gasteiger partial charge in [-0.15, -0.1) is 0 Å². The van der Waals surface area contributed by atoms with Crippen LogP contribution in [0.1, 0.15) is 12.2 Å². The summed E-state index contributed by atoms with van der Waals surface area (Å²) in [7, 11) is 0. The lowest BCUT2D eigenvalue weighted by molar-refractivity contribution is 0.0958. The maximum absolute atomic E-state index is 5.63. The van der Waals surface area contributed by atoms with Crippen LogP contribution in [-0.4, -0.2) is 29.3 Å². The average Bonchev–Trinajstić information content (AvgIpc) is 2.94. The van der Waals surface area contributed by atoms with E-state index in [0.29, 0.717) is 6.61 Å². The number of epoxide rings is 1. The Hall–Kier alpha value is -0.520. The number of rotatable bonds is 1. The minimum Gasteiger partial charge on any atom is -0.378 e. The lowest BCUT2D eigenvalue weighted by atomic mass is 9.99. The Balaban J connectivity index is 1.92. The molecule has 0 saturated carbocycles. The van der Waals surface area contributed by atoms with Gasteiger partial charge in [-0.25, -0.2) is 9.97 Å². The van der Waals surface area contributed by atoms with Crippen molar-refractivity contribution in [1.29, 1.82) is 0 Å². The highest BCUT2D eigenvalue weighted by Crippen LogP contribution is 2.49. The van der Waals surface area contributed by atoms with Crippen molar-refractivity contribution in [2.45, 2.75) is 18.1 Å². The minimum atomic E-state index is -0.237. The van der Waals surface area contributed by atoms with E-state index >= 15 is 0 Å². The first-order chi connectivity index (χ1) is 6.81. The Labute approximate surface area is 89.8 Å². The van der Waals surface area contributed by atoms with E-state index in [4.69, 9.17) is 9.47 Å². The zero-order chi connectivity index (χ0) is 9.60. The van der Waals surface area contributed by atoms with Crippen LogP contribution >= 0.6 is 15.9 Å². The molecule has 2 atom stereocenters. The first-order valence-corrected chi connectivity index (χ1v) is 5.34. The Morgan fingerprint density at radius 1 is 1.43 bits per heavy atom. The third kappa shape index (κ3) is 1.20. The summed E-state index contributed by atoms with van der Waals surface area (Å²) in [5, 5.41) is 0. The summed E-state index contributed by atoms with van der Waals surface area (Å²) in [6.07, 6.45) is 4.54. The van der Waals surface area contributed by atoms with Gasteiger partial charge in [0.2, 0.25) is 0 Å². The van der Waals surface area contributed by atoms with Crippen LogP contribution in [0.4, 0.5) is 0 Å². The van der Waals surface area contributed by atoms with Crippen LogP contribution in [0.15, 0.2) is 16.9 Å². The predicted octanol–water partition coefficient (Wildman–Crippen LogP) is 1.25. The summed E-state index contributed by atoms with van der Waals surface area (Å²) in [5.74, 6) is 0.786. The van der Waals surface area contributed by atoms with Gasteiger partial charge in [-0.2, -0.15) is 0 Å². The molecule has 14 heavy (non-hydrogen) atoms. The van der Waals surface area contributed by atoms with E-state index in [1.807, 2.05) is 0 Å². The summed E-state index contributed by atoms with van der Waals surface area (Å²) in [6.45, 7) is 1.40. The molecule has 0 unspecified atom stereocenters. The molecule has 2 fully saturated rings. The molecule has 0 aromatic carbocycles. The molecule has 0 N–H and O–H groups in total. The second-order valence-electron chi connectivity index (χ2n) is 3.55. The van der Waals surface area contributed by atoms with E-state index in [2.05, 4.69) is 25.9 Å². The molecular formula is C9H9BrN2O2. The maximum atomic E-state index is 5.63. The van der Waals surface area contributed by atoms with Crippen LogP contribution in [-0.2, 0) is 15.1 Å². The van der Waals surface area contributed by atoms with Crippen LogP contribution < -0.4 is 0 Å². The van der Waals surface area contributed by atoms with Crippen LogP contribution in [0.25, 0.3) is 0 Å². The summed E-state index contributed by atoms with van der Waals surface area (Å²) in [5.41, 5.74) is -0.237. The average molecular weight is 257 g/mol. The fraction of sp³-hybridized carbons (Fsp3) is 0.556. The molecular weight excluding hydrogens is 248 g/mol. The zero-order valence-corrected chi connectivity index (χ0v) is 9.03. The van der Waals surface area contributed by atoms with Gasteiger partial charge < -0.3 is 9.47 Å². The molecule has 3 rings (SSSR count). The highest BCUT2D eigenvalue weighted by atomic mass is 79.9. The largest absolute Gasteiger partial charge is 0.378 e. The first kappa shape index (κ1) is 8.76. The fourth-order valence-electron chi connectivity index (χ4n) is 1.86. The molecule has 4 nitrogen and oxygen atoms in total. The highest BCUT2D eigenvalue weighted by molar-refractivity contribution is 9.10. The normalized spacial score (nSPS) is 35.1. The Morgan fingerprint density at radius 2 is 2.21 bits per heavy atom. The Morgan fingerprint density at radius 3 is 2.93 bits per heavy atom. The van der Waals surface area contributed by atoms with E-state index in [-0.39, 0.29) is 11.7 Å². The topological polar surface area (TPSA) is 47.5 Å². The van der Waals surface area contributed by atoms with Gasteiger partial charge in [0, 0.05) is 18.8 Å². The van der Waals surface area contributed by atoms with E-state index in [1.54, 1.807) is 12.4 Å². The Bertz CT molecular complexity index is 356. The van der Waals surface area contributed by atoms with Crippen molar-refractivity contribution in [2.24, 2.45) is 0 Å². The molecule has 1 aromatic heterocycles. The summed E-state index contributed by atoms with van der Waals surface area (Å²) in [4.78, 5) is 8.55. The maximum Gasteiger partial charge on any atom is 0.163 e. The molecule has 0 aliphatic carbocycles. The highest BCUT2D eigenvalue weighted by Gasteiger charge is 2.61. The summed E-state index contributed by atoms with van der Waals surface area (Å²) >= 11 is 3.31. The van der Waals surface area contributed by atoms with Gasteiger partial charge in [-0.3, -0.25) is 0 Å². The molecule has 0 bridgehead atoms. The molecule has 0 radical (unpaired) electrons. The van der Waals surface area contributed by atoms with Crippen molar-refractivity contribution in [3.05, 3.63) is 22.7 Å². The second kappa shape index (κ2) is 2.98. The zero-order valence-electron chi connectivity index (χ0n) is 7.44. The van der Waals surface area contributed by atoms with Gasteiger partial charge in [0.05, 0.1) is 17.7 Å². The number of hydrogen-bond acceptors (Lipinski definition) is 4. The number of aromatic nitrogens is 2. The van der Waals surface area contributed by atoms with Gasteiger partial charge in [0.1, 0.15) is 6.10 Å². The van der Waals surface area contributed by atoms with Crippen molar-refractivity contribution in [2.75, 3.05) is 13.2 Å². The van der Waals surface area contributed by atoms with Crippen LogP contribution in [0.3, 0.4) is 0 Å². The van der Waals surface area contributed by atoms with E-state index in [0.717, 1.165) is 23.3 Å². The lowest BCUT2D eigenvalue weighted by Gasteiger charge is -2.15. The minimum absolute atomic E-state index is 0.164. The molecule has 0 spiro atoms. The SMILES string of the molecule is Brc1cnc([C@@]23CCOC[C@@H]2O3)nc1. The van der Waals surface area contributed by atoms with Crippen LogP contribution in [0.5, 0.6) is 0 Å². The molecule has 0 amide bonds. The smallest absolute Gasteiger partial charge is 0.163 e. The standard InChI is InChI=1S/C9H9BrN2O2/c10-6-3-11-8(12-4-6)9-1-2-13-5-7(9)14-9/h3-4,7H,1-2,5H2/t7-,9+/m0/s1.